The molecule has 3 heteroatoms. The molecule has 0 heterocycles. The first-order valence-electron chi connectivity index (χ1n) is 5.73. The minimum Gasteiger partial charge on any atom is -0.207 e. The van der Waals surface area contributed by atoms with E-state index in [9.17, 15) is 8.78 Å². The largest absolute Gasteiger partial charge is 0.207 e. The maximum Gasteiger partial charge on any atom is 0.126 e. The molecular formula is C13H15BrF2. The van der Waals surface area contributed by atoms with Crippen molar-refractivity contribution >= 4 is 15.9 Å². The van der Waals surface area contributed by atoms with Crippen molar-refractivity contribution in [1.82, 2.24) is 0 Å². The van der Waals surface area contributed by atoms with Gasteiger partial charge in [0.2, 0.25) is 0 Å². The Kier molecular flexibility index (Phi) is 3.95. The SMILES string of the molecule is Fc1ccc(F)c(CC2CCCC(Br)C2)c1. The molecule has 1 aromatic rings. The number of hydrogen-bond donors (Lipinski definition) is 0. The van der Waals surface area contributed by atoms with Gasteiger partial charge < -0.3 is 0 Å². The van der Waals surface area contributed by atoms with Crippen molar-refractivity contribution in [1.29, 1.82) is 0 Å². The Hall–Kier alpha value is -0.440. The van der Waals surface area contributed by atoms with E-state index in [0.29, 0.717) is 22.7 Å². The van der Waals surface area contributed by atoms with E-state index < -0.39 is 0 Å². The van der Waals surface area contributed by atoms with Crippen LogP contribution in [0.15, 0.2) is 18.2 Å². The molecule has 0 saturated heterocycles. The van der Waals surface area contributed by atoms with E-state index >= 15 is 0 Å². The molecule has 0 aliphatic heterocycles. The van der Waals surface area contributed by atoms with Gasteiger partial charge in [0.05, 0.1) is 0 Å². The van der Waals surface area contributed by atoms with Gasteiger partial charge >= 0.3 is 0 Å². The monoisotopic (exact) mass is 288 g/mol. The van der Waals surface area contributed by atoms with Crippen molar-refractivity contribution in [2.75, 3.05) is 0 Å². The van der Waals surface area contributed by atoms with Gasteiger partial charge in [-0.2, -0.15) is 0 Å². The predicted octanol–water partition coefficient (Wildman–Crippen LogP) is 4.46. The molecule has 0 aromatic heterocycles. The third-order valence-electron chi connectivity index (χ3n) is 3.24. The first-order chi connectivity index (χ1) is 7.65. The molecule has 1 aliphatic rings. The van der Waals surface area contributed by atoms with Gasteiger partial charge in [-0.3, -0.25) is 0 Å². The van der Waals surface area contributed by atoms with Crippen LogP contribution < -0.4 is 0 Å². The minimum absolute atomic E-state index is 0.280. The van der Waals surface area contributed by atoms with Crippen LogP contribution in [-0.2, 0) is 6.42 Å². The Balaban J connectivity index is 2.05. The lowest BCUT2D eigenvalue weighted by atomic mass is 9.84. The number of hydrogen-bond acceptors (Lipinski definition) is 0. The Morgan fingerprint density at radius 2 is 2.06 bits per heavy atom. The van der Waals surface area contributed by atoms with Gasteiger partial charge in [-0.1, -0.05) is 28.8 Å². The highest BCUT2D eigenvalue weighted by Gasteiger charge is 2.21. The first-order valence-corrected chi connectivity index (χ1v) is 6.64. The van der Waals surface area contributed by atoms with E-state index in [1.165, 1.54) is 31.0 Å². The Morgan fingerprint density at radius 1 is 1.25 bits per heavy atom. The maximum atomic E-state index is 13.4. The molecule has 0 nitrogen and oxygen atoms in total. The molecule has 2 rings (SSSR count). The van der Waals surface area contributed by atoms with Crippen LogP contribution in [0, 0.1) is 17.6 Å². The molecular weight excluding hydrogens is 274 g/mol. The average Bonchev–Trinajstić information content (AvgIpc) is 2.24. The summed E-state index contributed by atoms with van der Waals surface area (Å²) in [6.07, 6.45) is 5.22. The summed E-state index contributed by atoms with van der Waals surface area (Å²) in [6.45, 7) is 0. The normalized spacial score (nSPS) is 25.7. The molecule has 1 aromatic carbocycles. The van der Waals surface area contributed by atoms with Crippen molar-refractivity contribution in [3.8, 4) is 0 Å². The average molecular weight is 289 g/mol. The number of halogens is 3. The van der Waals surface area contributed by atoms with Gasteiger partial charge in [-0.25, -0.2) is 8.78 Å². The highest BCUT2D eigenvalue weighted by atomic mass is 79.9. The predicted molar refractivity (Wildman–Crippen MR) is 64.7 cm³/mol. The zero-order valence-electron chi connectivity index (χ0n) is 9.06. The van der Waals surface area contributed by atoms with E-state index in [0.717, 1.165) is 12.8 Å². The van der Waals surface area contributed by atoms with Crippen molar-refractivity contribution in [2.24, 2.45) is 5.92 Å². The lowest BCUT2D eigenvalue weighted by Gasteiger charge is -2.25. The molecule has 1 fully saturated rings. The second kappa shape index (κ2) is 5.26. The number of benzene rings is 1. The van der Waals surface area contributed by atoms with E-state index in [1.807, 2.05) is 0 Å². The van der Waals surface area contributed by atoms with Crippen LogP contribution in [0.3, 0.4) is 0 Å². The van der Waals surface area contributed by atoms with Crippen molar-refractivity contribution in [2.45, 2.75) is 36.9 Å². The quantitative estimate of drug-likeness (QED) is 0.705. The van der Waals surface area contributed by atoms with Crippen LogP contribution in [0.1, 0.15) is 31.2 Å². The summed E-state index contributed by atoms with van der Waals surface area (Å²) in [6, 6.07) is 3.72. The molecule has 16 heavy (non-hydrogen) atoms. The third-order valence-corrected chi connectivity index (χ3v) is 4.07. The number of alkyl halides is 1. The fourth-order valence-electron chi connectivity index (χ4n) is 2.42. The zero-order chi connectivity index (χ0) is 11.5. The molecule has 2 atom stereocenters. The van der Waals surface area contributed by atoms with E-state index in [4.69, 9.17) is 0 Å². The van der Waals surface area contributed by atoms with Gasteiger partial charge in [0, 0.05) is 4.83 Å². The van der Waals surface area contributed by atoms with Gasteiger partial charge in [-0.15, -0.1) is 0 Å². The molecule has 0 radical (unpaired) electrons. The lowest BCUT2D eigenvalue weighted by Crippen LogP contribution is -2.17. The number of rotatable bonds is 2. The summed E-state index contributed by atoms with van der Waals surface area (Å²) in [5, 5.41) is 0. The zero-order valence-corrected chi connectivity index (χ0v) is 10.6. The summed E-state index contributed by atoms with van der Waals surface area (Å²) in [7, 11) is 0. The summed E-state index contributed by atoms with van der Waals surface area (Å²) in [5.74, 6) is -0.143. The maximum absolute atomic E-state index is 13.4. The minimum atomic E-state index is -0.345. The fraction of sp³-hybridized carbons (Fsp3) is 0.538. The highest BCUT2D eigenvalue weighted by Crippen LogP contribution is 2.31. The molecule has 1 aliphatic carbocycles. The smallest absolute Gasteiger partial charge is 0.126 e. The second-order valence-electron chi connectivity index (χ2n) is 4.57. The highest BCUT2D eigenvalue weighted by molar-refractivity contribution is 9.09. The molecule has 1 saturated carbocycles. The molecule has 2 unspecified atom stereocenters. The topological polar surface area (TPSA) is 0 Å². The first kappa shape index (κ1) is 12.0. The van der Waals surface area contributed by atoms with Gasteiger partial charge in [0.15, 0.2) is 0 Å². The van der Waals surface area contributed by atoms with Crippen molar-refractivity contribution in [3.05, 3.63) is 35.4 Å². The van der Waals surface area contributed by atoms with E-state index in [-0.39, 0.29) is 11.6 Å². The summed E-state index contributed by atoms with van der Waals surface area (Å²) in [5.41, 5.74) is 0.520. The third kappa shape index (κ3) is 3.03. The van der Waals surface area contributed by atoms with Crippen LogP contribution in [0.4, 0.5) is 8.78 Å². The van der Waals surface area contributed by atoms with Crippen LogP contribution in [-0.4, -0.2) is 4.83 Å². The summed E-state index contributed by atoms with van der Waals surface area (Å²) in [4.78, 5) is 0.544. The van der Waals surface area contributed by atoms with Crippen LogP contribution >= 0.6 is 15.9 Å². The van der Waals surface area contributed by atoms with Gasteiger partial charge in [0.25, 0.3) is 0 Å². The molecule has 0 N–H and O–H groups in total. The standard InChI is InChI=1S/C13H15BrF2/c14-11-3-1-2-9(7-11)6-10-8-12(15)4-5-13(10)16/h4-5,8-9,11H,1-3,6-7H2. The summed E-state index contributed by atoms with van der Waals surface area (Å²) < 4.78 is 26.4. The molecule has 0 bridgehead atoms. The molecule has 0 amide bonds. The van der Waals surface area contributed by atoms with Crippen LogP contribution in [0.25, 0.3) is 0 Å². The van der Waals surface area contributed by atoms with Crippen molar-refractivity contribution < 1.29 is 8.78 Å². The summed E-state index contributed by atoms with van der Waals surface area (Å²) >= 11 is 3.61. The van der Waals surface area contributed by atoms with Crippen molar-refractivity contribution in [3.63, 3.8) is 0 Å². The van der Waals surface area contributed by atoms with Crippen LogP contribution in [0.2, 0.25) is 0 Å². The van der Waals surface area contributed by atoms with E-state index in [1.54, 1.807) is 0 Å². The van der Waals surface area contributed by atoms with Gasteiger partial charge in [-0.05, 0) is 48.9 Å². The molecule has 88 valence electrons. The lowest BCUT2D eigenvalue weighted by molar-refractivity contribution is 0.363. The Labute approximate surface area is 103 Å². The fourth-order valence-corrected chi connectivity index (χ4v) is 3.27. The molecule has 0 spiro atoms. The second-order valence-corrected chi connectivity index (χ2v) is 5.86. The van der Waals surface area contributed by atoms with Gasteiger partial charge in [0.1, 0.15) is 11.6 Å². The van der Waals surface area contributed by atoms with E-state index in [2.05, 4.69) is 15.9 Å². The Morgan fingerprint density at radius 3 is 2.81 bits per heavy atom. The van der Waals surface area contributed by atoms with Crippen LogP contribution in [0.5, 0.6) is 0 Å². The Bertz CT molecular complexity index is 365.